The van der Waals surface area contributed by atoms with E-state index in [0.29, 0.717) is 0 Å². The smallest absolute Gasteiger partial charge is 0.119 e. The van der Waals surface area contributed by atoms with Crippen molar-refractivity contribution in [2.75, 3.05) is 39.9 Å². The van der Waals surface area contributed by atoms with Gasteiger partial charge in [-0.05, 0) is 23.8 Å². The summed E-state index contributed by atoms with van der Waals surface area (Å²) in [5.74, 6) is 0.849. The van der Waals surface area contributed by atoms with Gasteiger partial charge in [0.2, 0.25) is 0 Å². The number of aliphatic hydroxyl groups is 1. The quantitative estimate of drug-likeness (QED) is 0.850. The number of benzene rings is 1. The van der Waals surface area contributed by atoms with E-state index in [9.17, 15) is 5.11 Å². The summed E-state index contributed by atoms with van der Waals surface area (Å²) < 4.78 is 6.44. The molecular formula is C16H25BrN2O2. The Hall–Kier alpha value is -0.620. The van der Waals surface area contributed by atoms with Crippen LogP contribution in [0.5, 0.6) is 5.75 Å². The number of piperazine rings is 1. The summed E-state index contributed by atoms with van der Waals surface area (Å²) >= 11 is 3.67. The van der Waals surface area contributed by atoms with Crippen LogP contribution in [0.25, 0.3) is 0 Å². The minimum absolute atomic E-state index is 0.144. The highest BCUT2D eigenvalue weighted by atomic mass is 79.9. The summed E-state index contributed by atoms with van der Waals surface area (Å²) in [4.78, 5) is 2.45. The molecule has 1 saturated heterocycles. The summed E-state index contributed by atoms with van der Waals surface area (Å²) in [6, 6.07) is 6.20. The molecule has 1 atom stereocenters. The first-order valence-electron chi connectivity index (χ1n) is 7.38. The van der Waals surface area contributed by atoms with Gasteiger partial charge < -0.3 is 15.2 Å². The van der Waals surface area contributed by atoms with Gasteiger partial charge in [-0.3, -0.25) is 4.90 Å². The first kappa shape index (κ1) is 16.7. The van der Waals surface area contributed by atoms with E-state index in [0.717, 1.165) is 36.4 Å². The summed E-state index contributed by atoms with van der Waals surface area (Å²) in [7, 11) is 1.68. The highest BCUT2D eigenvalue weighted by Gasteiger charge is 2.36. The SMILES string of the molecule is COc1ccc(Br)c([C@@H](N2CCNCC2)C(C)(C)CO)c1. The second kappa shape index (κ2) is 7.09. The van der Waals surface area contributed by atoms with E-state index in [1.54, 1.807) is 7.11 Å². The number of methoxy groups -OCH3 is 1. The molecule has 21 heavy (non-hydrogen) atoms. The third-order valence-corrected chi connectivity index (χ3v) is 4.88. The number of hydrogen-bond donors (Lipinski definition) is 2. The summed E-state index contributed by atoms with van der Waals surface area (Å²) in [6.45, 7) is 8.32. The number of aliphatic hydroxyl groups excluding tert-OH is 1. The highest BCUT2D eigenvalue weighted by Crippen LogP contribution is 2.42. The van der Waals surface area contributed by atoms with Gasteiger partial charge in [0.1, 0.15) is 5.75 Å². The molecule has 0 unspecified atom stereocenters. The Kier molecular flexibility index (Phi) is 5.66. The van der Waals surface area contributed by atoms with Crippen molar-refractivity contribution in [3.8, 4) is 5.75 Å². The van der Waals surface area contributed by atoms with Crippen molar-refractivity contribution in [1.29, 1.82) is 0 Å². The highest BCUT2D eigenvalue weighted by molar-refractivity contribution is 9.10. The molecule has 0 amide bonds. The molecule has 1 heterocycles. The van der Waals surface area contributed by atoms with Crippen LogP contribution in [-0.2, 0) is 0 Å². The lowest BCUT2D eigenvalue weighted by molar-refractivity contribution is 0.0300. The van der Waals surface area contributed by atoms with Crippen LogP contribution in [0.1, 0.15) is 25.5 Å². The molecule has 0 saturated carbocycles. The molecule has 0 aromatic heterocycles. The van der Waals surface area contributed by atoms with Crippen LogP contribution in [0, 0.1) is 5.41 Å². The van der Waals surface area contributed by atoms with Gasteiger partial charge >= 0.3 is 0 Å². The van der Waals surface area contributed by atoms with Gasteiger partial charge in [0, 0.05) is 48.7 Å². The number of nitrogens with one attached hydrogen (secondary N) is 1. The molecule has 1 aromatic rings. The largest absolute Gasteiger partial charge is 0.497 e. The average Bonchev–Trinajstić information content (AvgIpc) is 2.50. The fourth-order valence-corrected chi connectivity index (χ4v) is 3.46. The molecule has 1 aliphatic rings. The lowest BCUT2D eigenvalue weighted by atomic mass is 9.79. The summed E-state index contributed by atoms with van der Waals surface area (Å²) in [5.41, 5.74) is 0.946. The fraction of sp³-hybridized carbons (Fsp3) is 0.625. The Balaban J connectivity index is 2.43. The minimum Gasteiger partial charge on any atom is -0.497 e. The molecule has 0 spiro atoms. The van der Waals surface area contributed by atoms with Crippen LogP contribution in [0.15, 0.2) is 22.7 Å². The second-order valence-electron chi connectivity index (χ2n) is 6.22. The van der Waals surface area contributed by atoms with E-state index in [1.165, 1.54) is 5.56 Å². The Morgan fingerprint density at radius 1 is 1.38 bits per heavy atom. The van der Waals surface area contributed by atoms with Crippen molar-refractivity contribution in [1.82, 2.24) is 10.2 Å². The number of rotatable bonds is 5. The van der Waals surface area contributed by atoms with Crippen molar-refractivity contribution in [2.24, 2.45) is 5.41 Å². The third kappa shape index (κ3) is 3.77. The molecule has 1 aliphatic heterocycles. The molecule has 2 N–H and O–H groups in total. The van der Waals surface area contributed by atoms with Crippen molar-refractivity contribution in [3.63, 3.8) is 0 Å². The first-order chi connectivity index (χ1) is 9.99. The Morgan fingerprint density at radius 3 is 2.62 bits per heavy atom. The van der Waals surface area contributed by atoms with E-state index >= 15 is 0 Å². The predicted molar refractivity (Wildman–Crippen MR) is 88.7 cm³/mol. The van der Waals surface area contributed by atoms with Crippen LogP contribution in [-0.4, -0.2) is 49.9 Å². The average molecular weight is 357 g/mol. The Labute approximate surface area is 135 Å². The fourth-order valence-electron chi connectivity index (χ4n) is 3.00. The molecule has 0 aliphatic carbocycles. The first-order valence-corrected chi connectivity index (χ1v) is 8.18. The van der Waals surface area contributed by atoms with Gasteiger partial charge in [-0.2, -0.15) is 0 Å². The van der Waals surface area contributed by atoms with Gasteiger partial charge in [0.05, 0.1) is 7.11 Å². The van der Waals surface area contributed by atoms with Crippen LogP contribution < -0.4 is 10.1 Å². The Morgan fingerprint density at radius 2 is 2.05 bits per heavy atom. The standard InChI is InChI=1S/C16H25BrN2O2/c1-16(2,11-20)15(19-8-6-18-7-9-19)13-10-12(21-3)4-5-14(13)17/h4-5,10,15,18,20H,6-9,11H2,1-3H3/t15-/m1/s1. The van der Waals surface area contributed by atoms with Gasteiger partial charge in [-0.25, -0.2) is 0 Å². The maximum atomic E-state index is 9.88. The molecule has 5 heteroatoms. The van der Waals surface area contributed by atoms with Crippen LogP contribution in [0.3, 0.4) is 0 Å². The zero-order chi connectivity index (χ0) is 15.5. The summed E-state index contributed by atoms with van der Waals surface area (Å²) in [6.07, 6.45) is 0. The predicted octanol–water partition coefficient (Wildman–Crippen LogP) is 2.42. The lowest BCUT2D eigenvalue weighted by Crippen LogP contribution is -2.49. The molecule has 4 nitrogen and oxygen atoms in total. The molecule has 118 valence electrons. The number of nitrogens with zero attached hydrogens (tertiary/aromatic N) is 1. The third-order valence-electron chi connectivity index (χ3n) is 4.16. The van der Waals surface area contributed by atoms with Gasteiger partial charge in [-0.1, -0.05) is 29.8 Å². The van der Waals surface area contributed by atoms with E-state index < -0.39 is 0 Å². The van der Waals surface area contributed by atoms with Crippen molar-refractivity contribution < 1.29 is 9.84 Å². The second-order valence-corrected chi connectivity index (χ2v) is 7.08. The number of ether oxygens (including phenoxy) is 1. The monoisotopic (exact) mass is 356 g/mol. The lowest BCUT2D eigenvalue weighted by Gasteiger charge is -2.44. The van der Waals surface area contributed by atoms with E-state index in [2.05, 4.69) is 46.1 Å². The molecule has 0 radical (unpaired) electrons. The maximum absolute atomic E-state index is 9.88. The molecule has 1 aromatic carbocycles. The normalized spacial score (nSPS) is 18.5. The topological polar surface area (TPSA) is 44.7 Å². The molecule has 2 rings (SSSR count). The van der Waals surface area contributed by atoms with E-state index in [4.69, 9.17) is 4.74 Å². The van der Waals surface area contributed by atoms with Crippen LogP contribution in [0.2, 0.25) is 0 Å². The van der Waals surface area contributed by atoms with Crippen molar-refractivity contribution in [2.45, 2.75) is 19.9 Å². The van der Waals surface area contributed by atoms with Gasteiger partial charge in [0.15, 0.2) is 0 Å². The number of hydrogen-bond acceptors (Lipinski definition) is 4. The zero-order valence-electron chi connectivity index (χ0n) is 13.0. The number of halogens is 1. The van der Waals surface area contributed by atoms with E-state index in [1.807, 2.05) is 12.1 Å². The van der Waals surface area contributed by atoms with E-state index in [-0.39, 0.29) is 18.1 Å². The maximum Gasteiger partial charge on any atom is 0.119 e. The Bertz CT molecular complexity index is 473. The van der Waals surface area contributed by atoms with Crippen LogP contribution >= 0.6 is 15.9 Å². The summed E-state index contributed by atoms with van der Waals surface area (Å²) in [5, 5.41) is 13.3. The van der Waals surface area contributed by atoms with Crippen LogP contribution in [0.4, 0.5) is 0 Å². The van der Waals surface area contributed by atoms with Gasteiger partial charge in [-0.15, -0.1) is 0 Å². The molecule has 0 bridgehead atoms. The van der Waals surface area contributed by atoms with Gasteiger partial charge in [0.25, 0.3) is 0 Å². The minimum atomic E-state index is -0.230. The zero-order valence-corrected chi connectivity index (χ0v) is 14.6. The van der Waals surface area contributed by atoms with Crippen molar-refractivity contribution in [3.05, 3.63) is 28.2 Å². The molecule has 1 fully saturated rings. The molecular weight excluding hydrogens is 332 g/mol. The van der Waals surface area contributed by atoms with Crippen molar-refractivity contribution >= 4 is 15.9 Å².